The molecule has 0 radical (unpaired) electrons. The van der Waals surface area contributed by atoms with Crippen LogP contribution in [0.25, 0.3) is 0 Å². The summed E-state index contributed by atoms with van der Waals surface area (Å²) in [7, 11) is 0. The third kappa shape index (κ3) is 5.71. The summed E-state index contributed by atoms with van der Waals surface area (Å²) < 4.78 is 0. The number of nitrogens with one attached hydrogen (secondary N) is 2. The number of aliphatic imine (C=N–C) groups is 1. The number of rotatable bonds is 4. The fourth-order valence-corrected chi connectivity index (χ4v) is 4.64. The van der Waals surface area contributed by atoms with Gasteiger partial charge < -0.3 is 15.5 Å². The second-order valence-electron chi connectivity index (χ2n) is 7.88. The molecule has 2 aliphatic heterocycles. The number of amides is 3. The summed E-state index contributed by atoms with van der Waals surface area (Å²) >= 11 is 0. The minimum absolute atomic E-state index is 0. The van der Waals surface area contributed by atoms with Crippen LogP contribution in [-0.2, 0) is 4.79 Å². The van der Waals surface area contributed by atoms with Gasteiger partial charge in [0.1, 0.15) is 0 Å². The maximum Gasteiger partial charge on any atom is 0.324 e. The van der Waals surface area contributed by atoms with Crippen LogP contribution >= 0.6 is 24.0 Å². The first-order valence-corrected chi connectivity index (χ1v) is 10.2. The fraction of sp³-hybridized carbons (Fsp3) is 0.842. The van der Waals surface area contributed by atoms with E-state index in [1.165, 1.54) is 56.3 Å². The number of carbonyl (C=O) groups excluding carboxylic acids is 2. The average molecular weight is 491 g/mol. The number of hydrogen-bond donors (Lipinski definition) is 2. The molecule has 2 saturated heterocycles. The summed E-state index contributed by atoms with van der Waals surface area (Å²) in [6.45, 7) is 5.93. The molecule has 7 nitrogen and oxygen atoms in total. The highest BCUT2D eigenvalue weighted by Crippen LogP contribution is 2.42. The first-order chi connectivity index (χ1) is 12.6. The minimum Gasteiger partial charge on any atom is -0.357 e. The largest absolute Gasteiger partial charge is 0.357 e. The zero-order valence-corrected chi connectivity index (χ0v) is 18.8. The van der Waals surface area contributed by atoms with Crippen molar-refractivity contribution in [2.45, 2.75) is 58.3 Å². The quantitative estimate of drug-likeness (QED) is 0.274. The third-order valence-corrected chi connectivity index (χ3v) is 5.98. The van der Waals surface area contributed by atoms with Crippen LogP contribution in [0, 0.1) is 5.41 Å². The Kier molecular flexibility index (Phi) is 8.62. The minimum atomic E-state index is -0.300. The zero-order valence-electron chi connectivity index (χ0n) is 16.5. The molecule has 1 saturated carbocycles. The number of hydrogen-bond acceptors (Lipinski definition) is 3. The van der Waals surface area contributed by atoms with Gasteiger partial charge in [0.2, 0.25) is 5.91 Å². The van der Waals surface area contributed by atoms with Crippen molar-refractivity contribution in [2.75, 3.05) is 39.3 Å². The molecule has 2 heterocycles. The molecule has 0 aromatic heterocycles. The van der Waals surface area contributed by atoms with Crippen LogP contribution < -0.4 is 10.6 Å². The van der Waals surface area contributed by atoms with Crippen molar-refractivity contribution in [1.29, 1.82) is 0 Å². The number of piperidine rings is 1. The van der Waals surface area contributed by atoms with Gasteiger partial charge >= 0.3 is 6.03 Å². The summed E-state index contributed by atoms with van der Waals surface area (Å²) in [4.78, 5) is 31.7. The zero-order chi connectivity index (χ0) is 18.4. The third-order valence-electron chi connectivity index (χ3n) is 5.98. The van der Waals surface area contributed by atoms with Gasteiger partial charge in [-0.25, -0.2) is 4.79 Å². The number of likely N-dealkylation sites (tertiary alicyclic amines) is 1. The Morgan fingerprint density at radius 1 is 1.15 bits per heavy atom. The Labute approximate surface area is 179 Å². The van der Waals surface area contributed by atoms with E-state index in [0.717, 1.165) is 25.6 Å². The maximum atomic E-state index is 11.7. The lowest BCUT2D eigenvalue weighted by molar-refractivity contribution is -0.124. The van der Waals surface area contributed by atoms with Crippen LogP contribution in [0.5, 0.6) is 0 Å². The lowest BCUT2D eigenvalue weighted by Gasteiger charge is -2.44. The Hall–Kier alpha value is -1.06. The molecular formula is C19H34IN5O2. The molecular weight excluding hydrogens is 457 g/mol. The van der Waals surface area contributed by atoms with Gasteiger partial charge in [0.05, 0.1) is 19.6 Å². The van der Waals surface area contributed by atoms with E-state index in [2.05, 4.69) is 22.5 Å². The van der Waals surface area contributed by atoms with E-state index < -0.39 is 0 Å². The van der Waals surface area contributed by atoms with Gasteiger partial charge in [-0.2, -0.15) is 0 Å². The first kappa shape index (κ1) is 22.2. The monoisotopic (exact) mass is 491 g/mol. The summed E-state index contributed by atoms with van der Waals surface area (Å²) in [5.41, 5.74) is 0.454. The number of nitrogens with zero attached hydrogens (tertiary/aromatic N) is 3. The molecule has 3 rings (SSSR count). The summed E-state index contributed by atoms with van der Waals surface area (Å²) in [6, 6.07) is -0.300. The van der Waals surface area contributed by atoms with Crippen molar-refractivity contribution in [3.63, 3.8) is 0 Å². The molecule has 3 aliphatic rings. The van der Waals surface area contributed by atoms with Gasteiger partial charge in [-0.15, -0.1) is 24.0 Å². The van der Waals surface area contributed by atoms with Crippen LogP contribution in [0.1, 0.15) is 58.3 Å². The Morgan fingerprint density at radius 2 is 1.85 bits per heavy atom. The van der Waals surface area contributed by atoms with E-state index >= 15 is 0 Å². The van der Waals surface area contributed by atoms with Crippen molar-refractivity contribution in [3.05, 3.63) is 0 Å². The normalized spacial score (nSPS) is 23.1. The first-order valence-electron chi connectivity index (χ1n) is 10.2. The summed E-state index contributed by atoms with van der Waals surface area (Å²) in [5, 5.41) is 5.96. The molecule has 3 fully saturated rings. The number of guanidine groups is 1. The van der Waals surface area contributed by atoms with Crippen LogP contribution in [-0.4, -0.2) is 67.0 Å². The van der Waals surface area contributed by atoms with Crippen LogP contribution in [0.4, 0.5) is 4.79 Å². The molecule has 0 atom stereocenters. The molecule has 1 spiro atoms. The predicted molar refractivity (Wildman–Crippen MR) is 117 cm³/mol. The summed E-state index contributed by atoms with van der Waals surface area (Å²) in [5.74, 6) is 0.772. The molecule has 0 aromatic carbocycles. The van der Waals surface area contributed by atoms with E-state index in [1.54, 1.807) is 0 Å². The average Bonchev–Trinajstić information content (AvgIpc) is 2.83. The molecule has 0 bridgehead atoms. The number of imide groups is 1. The molecule has 154 valence electrons. The van der Waals surface area contributed by atoms with Gasteiger partial charge in [0, 0.05) is 19.6 Å². The lowest BCUT2D eigenvalue weighted by atomic mass is 9.74. The Morgan fingerprint density at radius 3 is 2.48 bits per heavy atom. The second kappa shape index (κ2) is 10.5. The molecule has 0 aromatic rings. The van der Waals surface area contributed by atoms with Gasteiger partial charge in [0.25, 0.3) is 0 Å². The Bertz CT molecular complexity index is 530. The van der Waals surface area contributed by atoms with E-state index in [-0.39, 0.29) is 42.5 Å². The van der Waals surface area contributed by atoms with E-state index in [1.807, 2.05) is 0 Å². The standard InChI is InChI=1S/C19H33N5O2.HI/c1-2-20-17(21-11-13-24-16(25)14-22-18(24)26)23-12-7-10-19(15-23)8-5-3-4-6-9-19;/h2-15H2,1H3,(H,20,21)(H,22,26);1H. The molecule has 2 N–H and O–H groups in total. The summed E-state index contributed by atoms with van der Waals surface area (Å²) in [6.07, 6.45) is 10.7. The molecule has 27 heavy (non-hydrogen) atoms. The highest BCUT2D eigenvalue weighted by Gasteiger charge is 2.36. The van der Waals surface area contributed by atoms with Crippen molar-refractivity contribution in [2.24, 2.45) is 10.4 Å². The van der Waals surface area contributed by atoms with Crippen molar-refractivity contribution in [3.8, 4) is 0 Å². The van der Waals surface area contributed by atoms with Crippen molar-refractivity contribution < 1.29 is 9.59 Å². The maximum absolute atomic E-state index is 11.7. The fourth-order valence-electron chi connectivity index (χ4n) is 4.64. The predicted octanol–water partition coefficient (Wildman–Crippen LogP) is 2.56. The SMILES string of the molecule is CCNC(=NCCN1C(=O)CNC1=O)N1CCCC2(CCCCCC2)C1.I. The van der Waals surface area contributed by atoms with Gasteiger partial charge in [-0.05, 0) is 38.0 Å². The number of urea groups is 1. The van der Waals surface area contributed by atoms with E-state index in [9.17, 15) is 9.59 Å². The molecule has 1 aliphatic carbocycles. The number of halogens is 1. The van der Waals surface area contributed by atoms with Gasteiger partial charge in [-0.3, -0.25) is 14.7 Å². The van der Waals surface area contributed by atoms with Crippen molar-refractivity contribution >= 4 is 41.9 Å². The topological polar surface area (TPSA) is 77.0 Å². The molecule has 3 amide bonds. The van der Waals surface area contributed by atoms with Crippen LogP contribution in [0.2, 0.25) is 0 Å². The van der Waals surface area contributed by atoms with Crippen LogP contribution in [0.15, 0.2) is 4.99 Å². The smallest absolute Gasteiger partial charge is 0.324 e. The number of carbonyl (C=O) groups is 2. The molecule has 0 unspecified atom stereocenters. The van der Waals surface area contributed by atoms with Crippen LogP contribution in [0.3, 0.4) is 0 Å². The van der Waals surface area contributed by atoms with Crippen molar-refractivity contribution in [1.82, 2.24) is 20.4 Å². The highest BCUT2D eigenvalue weighted by atomic mass is 127. The van der Waals surface area contributed by atoms with E-state index in [4.69, 9.17) is 4.99 Å². The van der Waals surface area contributed by atoms with Gasteiger partial charge in [0.15, 0.2) is 5.96 Å². The highest BCUT2D eigenvalue weighted by molar-refractivity contribution is 14.0. The lowest BCUT2D eigenvalue weighted by Crippen LogP contribution is -2.50. The second-order valence-corrected chi connectivity index (χ2v) is 7.88. The molecule has 8 heteroatoms. The van der Waals surface area contributed by atoms with Gasteiger partial charge in [-0.1, -0.05) is 25.7 Å². The van der Waals surface area contributed by atoms with E-state index in [0.29, 0.717) is 18.5 Å². The Balaban J connectivity index is 0.00000261.